The Balaban J connectivity index is 2.08. The summed E-state index contributed by atoms with van der Waals surface area (Å²) in [7, 11) is 0. The van der Waals surface area contributed by atoms with Gasteiger partial charge in [0.1, 0.15) is 0 Å². The number of ketones is 1. The second-order valence-electron chi connectivity index (χ2n) is 3.91. The van der Waals surface area contributed by atoms with Crippen LogP contribution in [0.5, 0.6) is 0 Å². The van der Waals surface area contributed by atoms with Gasteiger partial charge in [0.05, 0.1) is 11.1 Å². The number of Topliss-reactive ketones (excluding diaryl/α,β-unsaturated/α-hetero) is 1. The first-order valence-corrected chi connectivity index (χ1v) is 7.40. The third-order valence-electron chi connectivity index (χ3n) is 2.71. The van der Waals surface area contributed by atoms with Gasteiger partial charge in [-0.25, -0.2) is 4.98 Å². The van der Waals surface area contributed by atoms with Crippen LogP contribution in [0.25, 0.3) is 0 Å². The number of thiazole rings is 1. The summed E-state index contributed by atoms with van der Waals surface area (Å²) in [5.41, 5.74) is 0. The fourth-order valence-corrected chi connectivity index (χ4v) is 3.74. The van der Waals surface area contributed by atoms with E-state index < -0.39 is 0 Å². The molecule has 1 fully saturated rings. The van der Waals surface area contributed by atoms with Crippen molar-refractivity contribution in [3.05, 3.63) is 11.1 Å². The van der Waals surface area contributed by atoms with E-state index in [2.05, 4.69) is 16.8 Å². The SMILES string of the molecule is CCC1CN(c2ncc(C(C)=O)s2)CCS1. The number of hydrogen-bond donors (Lipinski definition) is 0. The van der Waals surface area contributed by atoms with Crippen LogP contribution in [0.4, 0.5) is 5.13 Å². The molecule has 16 heavy (non-hydrogen) atoms. The second kappa shape index (κ2) is 5.19. The summed E-state index contributed by atoms with van der Waals surface area (Å²) in [5, 5.41) is 1.71. The van der Waals surface area contributed by atoms with Gasteiger partial charge in [-0.2, -0.15) is 11.8 Å². The molecule has 1 aromatic heterocycles. The van der Waals surface area contributed by atoms with Crippen LogP contribution < -0.4 is 4.90 Å². The first-order chi connectivity index (χ1) is 7.70. The molecule has 88 valence electrons. The molecule has 1 aliphatic rings. The molecule has 1 saturated heterocycles. The lowest BCUT2D eigenvalue weighted by Gasteiger charge is -2.31. The Hall–Kier alpha value is -0.550. The number of aromatic nitrogens is 1. The molecule has 1 unspecified atom stereocenters. The Labute approximate surface area is 104 Å². The van der Waals surface area contributed by atoms with E-state index in [0.717, 1.165) is 28.9 Å². The number of carbonyl (C=O) groups excluding carboxylic acids is 1. The third kappa shape index (κ3) is 2.58. The van der Waals surface area contributed by atoms with Gasteiger partial charge in [-0.15, -0.1) is 0 Å². The summed E-state index contributed by atoms with van der Waals surface area (Å²) in [6.45, 7) is 5.93. The summed E-state index contributed by atoms with van der Waals surface area (Å²) in [5.74, 6) is 1.27. The van der Waals surface area contributed by atoms with E-state index in [-0.39, 0.29) is 5.78 Å². The van der Waals surface area contributed by atoms with Gasteiger partial charge in [-0.1, -0.05) is 18.3 Å². The van der Waals surface area contributed by atoms with Crippen LogP contribution in [-0.4, -0.2) is 34.9 Å². The number of carbonyl (C=O) groups is 1. The molecule has 0 radical (unpaired) electrons. The summed E-state index contributed by atoms with van der Waals surface area (Å²) in [6.07, 6.45) is 2.90. The number of nitrogens with zero attached hydrogens (tertiary/aromatic N) is 2. The molecule has 1 aromatic rings. The zero-order valence-corrected chi connectivity index (χ0v) is 11.2. The van der Waals surface area contributed by atoms with Crippen LogP contribution in [-0.2, 0) is 0 Å². The minimum atomic E-state index is 0.113. The molecule has 1 aliphatic heterocycles. The molecule has 0 saturated carbocycles. The Bertz CT molecular complexity index is 378. The van der Waals surface area contributed by atoms with Crippen molar-refractivity contribution in [1.82, 2.24) is 4.98 Å². The van der Waals surface area contributed by atoms with Gasteiger partial charge in [0.25, 0.3) is 0 Å². The van der Waals surface area contributed by atoms with Crippen LogP contribution in [0.1, 0.15) is 29.9 Å². The first kappa shape index (κ1) is 11.9. The number of anilines is 1. The van der Waals surface area contributed by atoms with Crippen molar-refractivity contribution >= 4 is 34.0 Å². The molecule has 0 bridgehead atoms. The Morgan fingerprint density at radius 2 is 2.50 bits per heavy atom. The summed E-state index contributed by atoms with van der Waals surface area (Å²) >= 11 is 3.56. The van der Waals surface area contributed by atoms with Crippen LogP contribution in [0.15, 0.2) is 6.20 Å². The number of hydrogen-bond acceptors (Lipinski definition) is 5. The predicted octanol–water partition coefficient (Wildman–Crippen LogP) is 2.68. The first-order valence-electron chi connectivity index (χ1n) is 5.54. The molecule has 0 N–H and O–H groups in total. The lowest BCUT2D eigenvalue weighted by atomic mass is 10.3. The standard InChI is InChI=1S/C11H16N2OS2/c1-3-9-7-13(4-5-15-9)11-12-6-10(16-11)8(2)14/h6,9H,3-5,7H2,1-2H3. The maximum Gasteiger partial charge on any atom is 0.186 e. The number of thioether (sulfide) groups is 1. The van der Waals surface area contributed by atoms with E-state index in [4.69, 9.17) is 0 Å². The van der Waals surface area contributed by atoms with Gasteiger partial charge in [-0.3, -0.25) is 4.79 Å². The lowest BCUT2D eigenvalue weighted by molar-refractivity contribution is 0.102. The van der Waals surface area contributed by atoms with Crippen molar-refractivity contribution in [3.8, 4) is 0 Å². The second-order valence-corrected chi connectivity index (χ2v) is 6.33. The van der Waals surface area contributed by atoms with E-state index in [1.807, 2.05) is 11.8 Å². The highest BCUT2D eigenvalue weighted by atomic mass is 32.2. The van der Waals surface area contributed by atoms with E-state index >= 15 is 0 Å². The van der Waals surface area contributed by atoms with Crippen molar-refractivity contribution in [2.24, 2.45) is 0 Å². The molecular weight excluding hydrogens is 240 g/mol. The van der Waals surface area contributed by atoms with Gasteiger partial charge in [-0.05, 0) is 6.42 Å². The molecule has 5 heteroatoms. The third-order valence-corrected chi connectivity index (χ3v) is 5.24. The van der Waals surface area contributed by atoms with Gasteiger partial charge in [0, 0.05) is 31.0 Å². The summed E-state index contributed by atoms with van der Waals surface area (Å²) in [4.78, 5) is 18.6. The maximum atomic E-state index is 11.2. The van der Waals surface area contributed by atoms with Crippen molar-refractivity contribution < 1.29 is 4.79 Å². The normalized spacial score (nSPS) is 21.1. The highest BCUT2D eigenvalue weighted by molar-refractivity contribution is 8.00. The van der Waals surface area contributed by atoms with Crippen LogP contribution in [0, 0.1) is 0 Å². The fourth-order valence-electron chi connectivity index (χ4n) is 1.71. The molecule has 2 rings (SSSR count). The average Bonchev–Trinajstić information content (AvgIpc) is 2.78. The monoisotopic (exact) mass is 256 g/mol. The number of rotatable bonds is 3. The predicted molar refractivity (Wildman–Crippen MR) is 70.9 cm³/mol. The van der Waals surface area contributed by atoms with Crippen molar-refractivity contribution in [1.29, 1.82) is 0 Å². The minimum Gasteiger partial charge on any atom is -0.346 e. The van der Waals surface area contributed by atoms with Crippen molar-refractivity contribution in [2.75, 3.05) is 23.7 Å². The summed E-state index contributed by atoms with van der Waals surface area (Å²) < 4.78 is 0. The summed E-state index contributed by atoms with van der Waals surface area (Å²) in [6, 6.07) is 0. The molecular formula is C11H16N2OS2. The molecule has 0 aliphatic carbocycles. The average molecular weight is 256 g/mol. The minimum absolute atomic E-state index is 0.113. The van der Waals surface area contributed by atoms with E-state index in [0.29, 0.717) is 5.25 Å². The quantitative estimate of drug-likeness (QED) is 0.779. The Kier molecular flexibility index (Phi) is 3.86. The Morgan fingerprint density at radius 3 is 3.12 bits per heavy atom. The molecule has 0 aromatic carbocycles. The van der Waals surface area contributed by atoms with Gasteiger partial charge < -0.3 is 4.90 Å². The van der Waals surface area contributed by atoms with Gasteiger partial charge in [0.15, 0.2) is 10.9 Å². The zero-order valence-electron chi connectivity index (χ0n) is 9.60. The maximum absolute atomic E-state index is 11.2. The highest BCUT2D eigenvalue weighted by Crippen LogP contribution is 2.28. The Morgan fingerprint density at radius 1 is 1.69 bits per heavy atom. The van der Waals surface area contributed by atoms with Gasteiger partial charge in [0.2, 0.25) is 0 Å². The molecule has 0 amide bonds. The lowest BCUT2D eigenvalue weighted by Crippen LogP contribution is -2.37. The molecule has 1 atom stereocenters. The zero-order chi connectivity index (χ0) is 11.5. The van der Waals surface area contributed by atoms with Crippen molar-refractivity contribution in [2.45, 2.75) is 25.5 Å². The van der Waals surface area contributed by atoms with Gasteiger partial charge >= 0.3 is 0 Å². The van der Waals surface area contributed by atoms with Crippen molar-refractivity contribution in [3.63, 3.8) is 0 Å². The topological polar surface area (TPSA) is 33.2 Å². The smallest absolute Gasteiger partial charge is 0.186 e. The van der Waals surface area contributed by atoms with Crippen LogP contribution >= 0.6 is 23.1 Å². The van der Waals surface area contributed by atoms with Crippen LogP contribution in [0.2, 0.25) is 0 Å². The largest absolute Gasteiger partial charge is 0.346 e. The van der Waals surface area contributed by atoms with E-state index in [9.17, 15) is 4.79 Å². The van der Waals surface area contributed by atoms with E-state index in [1.54, 1.807) is 13.1 Å². The molecule has 3 nitrogen and oxygen atoms in total. The molecule has 0 spiro atoms. The van der Waals surface area contributed by atoms with E-state index in [1.165, 1.54) is 17.8 Å². The highest BCUT2D eigenvalue weighted by Gasteiger charge is 2.21. The van der Waals surface area contributed by atoms with Crippen LogP contribution in [0.3, 0.4) is 0 Å². The fraction of sp³-hybridized carbons (Fsp3) is 0.636. The molecule has 2 heterocycles.